The molecule has 4 amide bonds. The minimum Gasteiger partial charge on any atom is -0.341 e. The Bertz CT molecular complexity index is 488. The SMILES string of the molecule is CNC(=O)N(C)c1cccc(C)c1N(C)C(=O)NC. The molecule has 0 atom stereocenters. The first kappa shape index (κ1) is 14.8. The molecule has 0 saturated carbocycles. The van der Waals surface area contributed by atoms with Crippen LogP contribution in [0.4, 0.5) is 21.0 Å². The molecule has 2 N–H and O–H groups in total. The number of carbonyl (C=O) groups excluding carboxylic acids is 2. The number of nitrogens with zero attached hydrogens (tertiary/aromatic N) is 2. The maximum Gasteiger partial charge on any atom is 0.321 e. The number of para-hydroxylation sites is 1. The van der Waals surface area contributed by atoms with E-state index in [1.54, 1.807) is 34.3 Å². The second kappa shape index (κ2) is 6.08. The van der Waals surface area contributed by atoms with Crippen LogP contribution in [0.2, 0.25) is 0 Å². The Morgan fingerprint density at radius 3 is 2.05 bits per heavy atom. The van der Waals surface area contributed by atoms with Crippen molar-refractivity contribution in [1.29, 1.82) is 0 Å². The molecule has 1 aromatic rings. The Morgan fingerprint density at radius 2 is 1.53 bits per heavy atom. The molecule has 0 radical (unpaired) electrons. The minimum atomic E-state index is -0.239. The third-order valence-electron chi connectivity index (χ3n) is 2.95. The van der Waals surface area contributed by atoms with Crippen molar-refractivity contribution in [2.75, 3.05) is 38.0 Å². The zero-order chi connectivity index (χ0) is 14.6. The van der Waals surface area contributed by atoms with Crippen LogP contribution in [0.25, 0.3) is 0 Å². The second-order valence-electron chi connectivity index (χ2n) is 4.17. The van der Waals surface area contributed by atoms with E-state index in [1.807, 2.05) is 19.1 Å². The summed E-state index contributed by atoms with van der Waals surface area (Å²) in [5.74, 6) is 0. The van der Waals surface area contributed by atoms with Crippen LogP contribution in [-0.2, 0) is 0 Å². The number of aryl methyl sites for hydroxylation is 1. The summed E-state index contributed by atoms with van der Waals surface area (Å²) in [6.45, 7) is 1.90. The molecule has 19 heavy (non-hydrogen) atoms. The molecule has 0 aromatic heterocycles. The van der Waals surface area contributed by atoms with Crippen molar-refractivity contribution in [3.63, 3.8) is 0 Å². The third kappa shape index (κ3) is 2.96. The van der Waals surface area contributed by atoms with Crippen molar-refractivity contribution >= 4 is 23.4 Å². The number of urea groups is 2. The maximum absolute atomic E-state index is 11.8. The molecule has 0 fully saturated rings. The molecule has 0 aliphatic heterocycles. The second-order valence-corrected chi connectivity index (χ2v) is 4.17. The van der Waals surface area contributed by atoms with Gasteiger partial charge in [0.05, 0.1) is 11.4 Å². The molecule has 0 saturated heterocycles. The van der Waals surface area contributed by atoms with Gasteiger partial charge in [0.15, 0.2) is 0 Å². The lowest BCUT2D eigenvalue weighted by atomic mass is 10.1. The van der Waals surface area contributed by atoms with Gasteiger partial charge in [-0.15, -0.1) is 0 Å². The van der Waals surface area contributed by atoms with Crippen molar-refractivity contribution in [1.82, 2.24) is 10.6 Å². The van der Waals surface area contributed by atoms with Gasteiger partial charge in [0.1, 0.15) is 0 Å². The van der Waals surface area contributed by atoms with E-state index >= 15 is 0 Å². The molecule has 0 heterocycles. The summed E-state index contributed by atoms with van der Waals surface area (Å²) < 4.78 is 0. The van der Waals surface area contributed by atoms with E-state index in [1.165, 1.54) is 9.80 Å². The Hall–Kier alpha value is -2.24. The number of anilines is 2. The van der Waals surface area contributed by atoms with Gasteiger partial charge in [-0.25, -0.2) is 9.59 Å². The van der Waals surface area contributed by atoms with E-state index in [9.17, 15) is 9.59 Å². The van der Waals surface area contributed by atoms with Gasteiger partial charge in [0, 0.05) is 28.2 Å². The van der Waals surface area contributed by atoms with Crippen LogP contribution in [0, 0.1) is 6.92 Å². The van der Waals surface area contributed by atoms with Gasteiger partial charge in [-0.05, 0) is 18.6 Å². The van der Waals surface area contributed by atoms with E-state index in [2.05, 4.69) is 10.6 Å². The summed E-state index contributed by atoms with van der Waals surface area (Å²) in [7, 11) is 6.47. The van der Waals surface area contributed by atoms with Crippen LogP contribution in [-0.4, -0.2) is 40.3 Å². The Morgan fingerprint density at radius 1 is 1.00 bits per heavy atom. The summed E-state index contributed by atoms with van der Waals surface area (Å²) in [5.41, 5.74) is 2.29. The normalized spacial score (nSPS) is 9.74. The summed E-state index contributed by atoms with van der Waals surface area (Å²) in [6, 6.07) is 5.08. The number of amides is 4. The molecule has 1 aromatic carbocycles. The molecule has 0 unspecified atom stereocenters. The lowest BCUT2D eigenvalue weighted by Crippen LogP contribution is -2.39. The van der Waals surface area contributed by atoms with E-state index < -0.39 is 0 Å². The Balaban J connectivity index is 3.30. The first-order chi connectivity index (χ1) is 8.93. The third-order valence-corrected chi connectivity index (χ3v) is 2.95. The van der Waals surface area contributed by atoms with Crippen LogP contribution >= 0.6 is 0 Å². The van der Waals surface area contributed by atoms with E-state index in [-0.39, 0.29) is 12.1 Å². The van der Waals surface area contributed by atoms with Crippen molar-refractivity contribution in [3.05, 3.63) is 23.8 Å². The predicted octanol–water partition coefficient (Wildman–Crippen LogP) is 1.55. The van der Waals surface area contributed by atoms with Crippen molar-refractivity contribution < 1.29 is 9.59 Å². The van der Waals surface area contributed by atoms with Crippen molar-refractivity contribution in [3.8, 4) is 0 Å². The summed E-state index contributed by atoms with van der Waals surface area (Å²) >= 11 is 0. The fourth-order valence-electron chi connectivity index (χ4n) is 1.90. The van der Waals surface area contributed by atoms with Gasteiger partial charge in [0.2, 0.25) is 0 Å². The Kier molecular flexibility index (Phi) is 4.74. The number of hydrogen-bond donors (Lipinski definition) is 2. The fraction of sp³-hybridized carbons (Fsp3) is 0.385. The monoisotopic (exact) mass is 264 g/mol. The molecule has 1 rings (SSSR count). The first-order valence-corrected chi connectivity index (χ1v) is 5.94. The molecule has 6 nitrogen and oxygen atoms in total. The molecular formula is C13H20N4O2. The summed E-state index contributed by atoms with van der Waals surface area (Å²) in [6.07, 6.45) is 0. The van der Waals surface area contributed by atoms with Crippen molar-refractivity contribution in [2.24, 2.45) is 0 Å². The highest BCUT2D eigenvalue weighted by atomic mass is 16.2. The molecular weight excluding hydrogens is 244 g/mol. The largest absolute Gasteiger partial charge is 0.341 e. The lowest BCUT2D eigenvalue weighted by molar-refractivity contribution is 0.248. The van der Waals surface area contributed by atoms with E-state index in [0.717, 1.165) is 5.56 Å². The zero-order valence-corrected chi connectivity index (χ0v) is 11.9. The highest BCUT2D eigenvalue weighted by Gasteiger charge is 2.20. The average Bonchev–Trinajstić information content (AvgIpc) is 2.43. The number of hydrogen-bond acceptors (Lipinski definition) is 2. The van der Waals surface area contributed by atoms with Gasteiger partial charge < -0.3 is 10.6 Å². The van der Waals surface area contributed by atoms with Crippen LogP contribution in [0.1, 0.15) is 5.56 Å². The molecule has 0 bridgehead atoms. The average molecular weight is 264 g/mol. The zero-order valence-electron chi connectivity index (χ0n) is 11.9. The topological polar surface area (TPSA) is 64.7 Å². The highest BCUT2D eigenvalue weighted by Crippen LogP contribution is 2.31. The molecule has 104 valence electrons. The van der Waals surface area contributed by atoms with Crippen LogP contribution in [0.5, 0.6) is 0 Å². The predicted molar refractivity (Wildman–Crippen MR) is 76.9 cm³/mol. The lowest BCUT2D eigenvalue weighted by Gasteiger charge is -2.26. The molecule has 0 aliphatic rings. The molecule has 6 heteroatoms. The van der Waals surface area contributed by atoms with Gasteiger partial charge in [-0.3, -0.25) is 9.80 Å². The van der Waals surface area contributed by atoms with Crippen LogP contribution in [0.3, 0.4) is 0 Å². The Labute approximate surface area is 113 Å². The highest BCUT2D eigenvalue weighted by molar-refractivity contribution is 6.01. The van der Waals surface area contributed by atoms with Gasteiger partial charge in [-0.2, -0.15) is 0 Å². The minimum absolute atomic E-state index is 0.235. The van der Waals surface area contributed by atoms with Crippen LogP contribution < -0.4 is 20.4 Å². The standard InChI is InChI=1S/C13H20N4O2/c1-9-7-6-8-10(16(4)12(18)14-2)11(9)17(5)13(19)15-3/h6-8H,1-5H3,(H,14,18)(H,15,19). The van der Waals surface area contributed by atoms with E-state index in [0.29, 0.717) is 11.4 Å². The van der Waals surface area contributed by atoms with Crippen molar-refractivity contribution in [2.45, 2.75) is 6.92 Å². The molecule has 0 spiro atoms. The quantitative estimate of drug-likeness (QED) is 0.851. The smallest absolute Gasteiger partial charge is 0.321 e. The van der Waals surface area contributed by atoms with E-state index in [4.69, 9.17) is 0 Å². The van der Waals surface area contributed by atoms with Gasteiger partial charge in [-0.1, -0.05) is 12.1 Å². The first-order valence-electron chi connectivity index (χ1n) is 5.94. The summed E-state index contributed by atoms with van der Waals surface area (Å²) in [5, 5.41) is 5.13. The molecule has 0 aliphatic carbocycles. The van der Waals surface area contributed by atoms with Gasteiger partial charge >= 0.3 is 12.1 Å². The number of carbonyl (C=O) groups is 2. The number of benzene rings is 1. The number of nitrogens with one attached hydrogen (secondary N) is 2. The van der Waals surface area contributed by atoms with Gasteiger partial charge in [0.25, 0.3) is 0 Å². The number of rotatable bonds is 2. The fourth-order valence-corrected chi connectivity index (χ4v) is 1.90. The van der Waals surface area contributed by atoms with Crippen LogP contribution in [0.15, 0.2) is 18.2 Å². The summed E-state index contributed by atoms with van der Waals surface area (Å²) in [4.78, 5) is 26.5. The maximum atomic E-state index is 11.8.